The number of aromatic nitrogens is 1. The van der Waals surface area contributed by atoms with Crippen molar-refractivity contribution in [1.29, 1.82) is 0 Å². The maximum absolute atomic E-state index is 12.7. The molecule has 0 bridgehead atoms. The number of benzene rings is 1. The summed E-state index contributed by atoms with van der Waals surface area (Å²) < 4.78 is 36.1. The number of carbonyl (C=O) groups is 1. The third-order valence-corrected chi connectivity index (χ3v) is 7.32. The normalized spacial score (nSPS) is 19.3. The molecule has 0 spiro atoms. The Balaban J connectivity index is 1.64. The average Bonchev–Trinajstić information content (AvgIpc) is 2.79. The second-order valence-corrected chi connectivity index (χ2v) is 11.4. The van der Waals surface area contributed by atoms with E-state index in [9.17, 15) is 13.2 Å². The Hall–Kier alpha value is -2.25. The lowest BCUT2D eigenvalue weighted by molar-refractivity contribution is -0.146. The summed E-state index contributed by atoms with van der Waals surface area (Å²) in [6, 6.07) is 11.2. The minimum Gasteiger partial charge on any atom is -0.378 e. The van der Waals surface area contributed by atoms with E-state index in [1.807, 2.05) is 32.9 Å². The SMILES string of the molecule is CCCCCc1ccc(-c2ccc(S(=O)(=O)OC(=O)C3CCOC(C(C)(C)C)C3)cn2)cc1. The lowest BCUT2D eigenvalue weighted by atomic mass is 9.81. The van der Waals surface area contributed by atoms with E-state index in [-0.39, 0.29) is 16.4 Å². The molecule has 6 nitrogen and oxygen atoms in total. The van der Waals surface area contributed by atoms with Crippen LogP contribution in [-0.4, -0.2) is 32.1 Å². The third-order valence-electron chi connectivity index (χ3n) is 6.12. The second-order valence-electron chi connectivity index (χ2n) is 9.84. The first-order valence-electron chi connectivity index (χ1n) is 11.8. The molecule has 1 aromatic heterocycles. The highest BCUT2D eigenvalue weighted by Gasteiger charge is 2.37. The Morgan fingerprint density at radius 3 is 2.45 bits per heavy atom. The fourth-order valence-electron chi connectivity index (χ4n) is 3.96. The lowest BCUT2D eigenvalue weighted by Crippen LogP contribution is -2.39. The van der Waals surface area contributed by atoms with Gasteiger partial charge in [-0.05, 0) is 48.8 Å². The molecule has 7 heteroatoms. The third kappa shape index (κ3) is 6.87. The molecule has 1 aromatic carbocycles. The van der Waals surface area contributed by atoms with Crippen molar-refractivity contribution >= 4 is 16.1 Å². The predicted molar refractivity (Wildman–Crippen MR) is 128 cm³/mol. The van der Waals surface area contributed by atoms with Gasteiger partial charge in [0.2, 0.25) is 0 Å². The number of ether oxygens (including phenoxy) is 1. The first-order valence-corrected chi connectivity index (χ1v) is 13.2. The van der Waals surface area contributed by atoms with Crippen molar-refractivity contribution in [2.75, 3.05) is 6.61 Å². The summed E-state index contributed by atoms with van der Waals surface area (Å²) in [5, 5.41) is 0. The average molecular weight is 474 g/mol. The molecule has 180 valence electrons. The Kier molecular flexibility index (Phi) is 8.29. The number of rotatable bonds is 8. The molecule has 33 heavy (non-hydrogen) atoms. The molecule has 2 heterocycles. The standard InChI is InChI=1S/C26H35NO5S/c1-5-6-7-8-19-9-11-20(12-10-19)23-14-13-22(18-27-23)33(29,30)32-25(28)21-15-16-31-24(17-21)26(2,3)4/h9-14,18,21,24H,5-8,15-17H2,1-4H3. The van der Waals surface area contributed by atoms with Crippen molar-refractivity contribution in [3.05, 3.63) is 48.2 Å². The fraction of sp³-hybridized carbons (Fsp3) is 0.538. The van der Waals surface area contributed by atoms with Gasteiger partial charge in [-0.1, -0.05) is 64.8 Å². The van der Waals surface area contributed by atoms with Crippen molar-refractivity contribution in [1.82, 2.24) is 4.98 Å². The van der Waals surface area contributed by atoms with Crippen LogP contribution in [-0.2, 0) is 30.3 Å². The number of hydrogen-bond acceptors (Lipinski definition) is 6. The summed E-state index contributed by atoms with van der Waals surface area (Å²) in [6.07, 6.45) is 6.66. The molecular weight excluding hydrogens is 438 g/mol. The molecule has 0 radical (unpaired) electrons. The molecule has 1 fully saturated rings. The van der Waals surface area contributed by atoms with Gasteiger partial charge in [-0.3, -0.25) is 9.78 Å². The highest BCUT2D eigenvalue weighted by atomic mass is 32.2. The largest absolute Gasteiger partial charge is 0.378 e. The van der Waals surface area contributed by atoms with Gasteiger partial charge >= 0.3 is 16.1 Å². The van der Waals surface area contributed by atoms with Crippen molar-refractivity contribution in [2.45, 2.75) is 77.2 Å². The van der Waals surface area contributed by atoms with Crippen LogP contribution < -0.4 is 0 Å². The van der Waals surface area contributed by atoms with Crippen LogP contribution in [0.25, 0.3) is 11.3 Å². The summed E-state index contributed by atoms with van der Waals surface area (Å²) in [4.78, 5) is 16.8. The predicted octanol–water partition coefficient (Wildman–Crippen LogP) is 5.55. The molecule has 0 N–H and O–H groups in total. The van der Waals surface area contributed by atoms with Crippen LogP contribution in [0.3, 0.4) is 0 Å². The monoisotopic (exact) mass is 473 g/mol. The van der Waals surface area contributed by atoms with Crippen molar-refractivity contribution < 1.29 is 22.1 Å². The zero-order valence-electron chi connectivity index (χ0n) is 20.0. The zero-order valence-corrected chi connectivity index (χ0v) is 20.9. The number of unbranched alkanes of at least 4 members (excludes halogenated alkanes) is 2. The van der Waals surface area contributed by atoms with E-state index in [2.05, 4.69) is 24.0 Å². The molecule has 1 aliphatic heterocycles. The van der Waals surface area contributed by atoms with Gasteiger partial charge in [-0.25, -0.2) is 0 Å². The van der Waals surface area contributed by atoms with Gasteiger partial charge in [-0.2, -0.15) is 8.42 Å². The Morgan fingerprint density at radius 2 is 1.85 bits per heavy atom. The highest BCUT2D eigenvalue weighted by molar-refractivity contribution is 7.87. The van der Waals surface area contributed by atoms with Crippen molar-refractivity contribution in [2.24, 2.45) is 11.3 Å². The summed E-state index contributed by atoms with van der Waals surface area (Å²) in [5.41, 5.74) is 2.72. The van der Waals surface area contributed by atoms with E-state index >= 15 is 0 Å². The molecule has 3 rings (SSSR count). The molecule has 1 aliphatic rings. The van der Waals surface area contributed by atoms with Crippen LogP contribution in [0.5, 0.6) is 0 Å². The van der Waals surface area contributed by atoms with E-state index in [4.69, 9.17) is 8.92 Å². The van der Waals surface area contributed by atoms with Crippen molar-refractivity contribution in [3.8, 4) is 11.3 Å². The van der Waals surface area contributed by atoms with Crippen LogP contribution in [0.4, 0.5) is 0 Å². The van der Waals surface area contributed by atoms with E-state index < -0.39 is 22.0 Å². The zero-order chi connectivity index (χ0) is 24.1. The van der Waals surface area contributed by atoms with Crippen LogP contribution in [0.1, 0.15) is 65.4 Å². The lowest BCUT2D eigenvalue weighted by Gasteiger charge is -2.36. The number of hydrogen-bond donors (Lipinski definition) is 0. The topological polar surface area (TPSA) is 82.6 Å². The smallest absolute Gasteiger partial charge is 0.343 e. The van der Waals surface area contributed by atoms with Crippen LogP contribution >= 0.6 is 0 Å². The molecule has 1 saturated heterocycles. The minimum atomic E-state index is -4.23. The summed E-state index contributed by atoms with van der Waals surface area (Å²) in [7, 11) is -4.23. The first kappa shape index (κ1) is 25.4. The maximum Gasteiger partial charge on any atom is 0.343 e. The van der Waals surface area contributed by atoms with Gasteiger partial charge < -0.3 is 8.92 Å². The number of aryl methyl sites for hydroxylation is 1. The first-order chi connectivity index (χ1) is 15.6. The second kappa shape index (κ2) is 10.8. The molecule has 0 saturated carbocycles. The maximum atomic E-state index is 12.7. The number of nitrogens with zero attached hydrogens (tertiary/aromatic N) is 1. The van der Waals surface area contributed by atoms with E-state index in [1.165, 1.54) is 37.1 Å². The molecule has 2 aromatic rings. The van der Waals surface area contributed by atoms with Crippen LogP contribution in [0.2, 0.25) is 0 Å². The fourth-order valence-corrected chi connectivity index (χ4v) is 4.82. The molecule has 0 aliphatic carbocycles. The Morgan fingerprint density at radius 1 is 1.12 bits per heavy atom. The van der Waals surface area contributed by atoms with Gasteiger partial charge in [0.05, 0.1) is 17.7 Å². The minimum absolute atomic E-state index is 0.120. The van der Waals surface area contributed by atoms with E-state index in [1.54, 1.807) is 6.07 Å². The van der Waals surface area contributed by atoms with Crippen molar-refractivity contribution in [3.63, 3.8) is 0 Å². The summed E-state index contributed by atoms with van der Waals surface area (Å²) >= 11 is 0. The summed E-state index contributed by atoms with van der Waals surface area (Å²) in [6.45, 7) is 8.71. The number of carbonyl (C=O) groups excluding carboxylic acids is 1. The van der Waals surface area contributed by atoms with Gasteiger partial charge in [0.15, 0.2) is 0 Å². The Labute approximate surface area is 197 Å². The molecule has 2 atom stereocenters. The number of pyridine rings is 1. The Bertz CT molecular complexity index is 1020. The van der Waals surface area contributed by atoms with E-state index in [0.29, 0.717) is 25.1 Å². The molecule has 0 amide bonds. The quantitative estimate of drug-likeness (QED) is 0.369. The summed E-state index contributed by atoms with van der Waals surface area (Å²) in [5.74, 6) is -1.23. The van der Waals surface area contributed by atoms with Gasteiger partial charge in [0.1, 0.15) is 4.90 Å². The highest BCUT2D eigenvalue weighted by Crippen LogP contribution is 2.33. The molecular formula is C26H35NO5S. The van der Waals surface area contributed by atoms with E-state index in [0.717, 1.165) is 12.0 Å². The molecule has 2 unspecified atom stereocenters. The van der Waals surface area contributed by atoms with Gasteiger partial charge in [0.25, 0.3) is 0 Å². The van der Waals surface area contributed by atoms with Crippen LogP contribution in [0.15, 0.2) is 47.5 Å². The van der Waals surface area contributed by atoms with Gasteiger partial charge in [-0.15, -0.1) is 0 Å². The van der Waals surface area contributed by atoms with Crippen LogP contribution in [0, 0.1) is 11.3 Å². The van der Waals surface area contributed by atoms with Gasteiger partial charge in [0, 0.05) is 18.4 Å².